The molecule has 0 radical (unpaired) electrons. The molecule has 0 aromatic heterocycles. The van der Waals surface area contributed by atoms with Crippen molar-refractivity contribution in [3.63, 3.8) is 0 Å². The van der Waals surface area contributed by atoms with E-state index in [2.05, 4.69) is 31.9 Å². The standard InChI is InChI=1S/C27H43N7O13/c1-12(2)8-17(26(45)31-14(4)24(43)34-18(27(46)47)9-22(40)41)33-23(42)13(3)30-25(44)16(6-7-21(38)39)32-20(37)11-29-19(36)10-28-15(5)35/h12-14,16-18H,6-11H2,1-5H3,(H,28,35)(H,29,36)(H,30,44)(H,31,45)(H,32,37)(H,33,42)(H,34,43)(H,38,39)(H,40,41)(H,46,47)/t13-,14-,16-,17-,18-/m0/s1. The quantitative estimate of drug-likeness (QED) is 0.0559. The number of hydrogen-bond donors (Lipinski definition) is 10. The minimum atomic E-state index is -1.76. The van der Waals surface area contributed by atoms with Gasteiger partial charge in [-0.2, -0.15) is 0 Å². The molecule has 0 bridgehead atoms. The van der Waals surface area contributed by atoms with Crippen molar-refractivity contribution in [1.29, 1.82) is 0 Å². The molecule has 0 saturated carbocycles. The van der Waals surface area contributed by atoms with Crippen LogP contribution in [0.25, 0.3) is 0 Å². The zero-order chi connectivity index (χ0) is 36.4. The monoisotopic (exact) mass is 673 g/mol. The Labute approximate surface area is 269 Å². The average Bonchev–Trinajstić information content (AvgIpc) is 2.95. The molecule has 264 valence electrons. The van der Waals surface area contributed by atoms with Crippen LogP contribution in [0.15, 0.2) is 0 Å². The summed E-state index contributed by atoms with van der Waals surface area (Å²) in [6.45, 7) is 6.10. The van der Waals surface area contributed by atoms with Crippen LogP contribution in [0.3, 0.4) is 0 Å². The summed E-state index contributed by atoms with van der Waals surface area (Å²) in [6.07, 6.45) is -1.77. The molecule has 0 aliphatic carbocycles. The van der Waals surface area contributed by atoms with Crippen molar-refractivity contribution < 1.29 is 63.3 Å². The molecule has 0 spiro atoms. The predicted molar refractivity (Wildman–Crippen MR) is 159 cm³/mol. The van der Waals surface area contributed by atoms with Crippen molar-refractivity contribution >= 4 is 59.3 Å². The van der Waals surface area contributed by atoms with Crippen molar-refractivity contribution in [2.24, 2.45) is 5.92 Å². The van der Waals surface area contributed by atoms with Crippen LogP contribution in [0.4, 0.5) is 0 Å². The van der Waals surface area contributed by atoms with Crippen molar-refractivity contribution in [2.75, 3.05) is 13.1 Å². The Morgan fingerprint density at radius 3 is 1.49 bits per heavy atom. The molecule has 20 nitrogen and oxygen atoms in total. The number of hydrogen-bond acceptors (Lipinski definition) is 10. The van der Waals surface area contributed by atoms with E-state index < -0.39 is 115 Å². The van der Waals surface area contributed by atoms with Crippen molar-refractivity contribution in [3.8, 4) is 0 Å². The van der Waals surface area contributed by atoms with E-state index in [0.717, 1.165) is 0 Å². The van der Waals surface area contributed by atoms with Crippen molar-refractivity contribution in [3.05, 3.63) is 0 Å². The summed E-state index contributed by atoms with van der Waals surface area (Å²) in [5.74, 6) is -10.2. The fraction of sp³-hybridized carbons (Fsp3) is 0.630. The second-order valence-electron chi connectivity index (χ2n) is 10.9. The topological polar surface area (TPSA) is 316 Å². The third kappa shape index (κ3) is 18.3. The van der Waals surface area contributed by atoms with Gasteiger partial charge in [-0.3, -0.25) is 43.2 Å². The van der Waals surface area contributed by atoms with Crippen molar-refractivity contribution in [1.82, 2.24) is 37.2 Å². The van der Waals surface area contributed by atoms with E-state index in [4.69, 9.17) is 15.3 Å². The lowest BCUT2D eigenvalue weighted by molar-refractivity contribution is -0.147. The molecule has 5 atom stereocenters. The van der Waals surface area contributed by atoms with Gasteiger partial charge < -0.3 is 52.5 Å². The lowest BCUT2D eigenvalue weighted by Crippen LogP contribution is -2.58. The first-order valence-corrected chi connectivity index (χ1v) is 14.4. The minimum Gasteiger partial charge on any atom is -0.481 e. The summed E-state index contributed by atoms with van der Waals surface area (Å²) in [4.78, 5) is 119. The number of nitrogens with one attached hydrogen (secondary N) is 7. The van der Waals surface area contributed by atoms with E-state index in [1.807, 2.05) is 5.32 Å². The van der Waals surface area contributed by atoms with Crippen LogP contribution in [-0.4, -0.2) is 118 Å². The maximum atomic E-state index is 13.0. The summed E-state index contributed by atoms with van der Waals surface area (Å²) in [7, 11) is 0. The molecule has 0 rings (SSSR count). The van der Waals surface area contributed by atoms with Gasteiger partial charge in [0.2, 0.25) is 41.4 Å². The molecule has 0 aliphatic heterocycles. The first-order chi connectivity index (χ1) is 21.7. The largest absolute Gasteiger partial charge is 0.481 e. The molecule has 7 amide bonds. The number of aliphatic carboxylic acids is 3. The van der Waals surface area contributed by atoms with Gasteiger partial charge >= 0.3 is 17.9 Å². The van der Waals surface area contributed by atoms with Crippen LogP contribution in [0.1, 0.15) is 60.3 Å². The normalized spacial score (nSPS) is 13.7. The second-order valence-corrected chi connectivity index (χ2v) is 10.9. The molecule has 0 fully saturated rings. The Hall–Kier alpha value is -5.30. The zero-order valence-corrected chi connectivity index (χ0v) is 26.6. The Balaban J connectivity index is 5.44. The Morgan fingerprint density at radius 1 is 0.553 bits per heavy atom. The fourth-order valence-corrected chi connectivity index (χ4v) is 3.66. The van der Waals surface area contributed by atoms with E-state index in [0.29, 0.717) is 0 Å². The maximum Gasteiger partial charge on any atom is 0.326 e. The van der Waals surface area contributed by atoms with Crippen LogP contribution < -0.4 is 37.2 Å². The molecular weight excluding hydrogens is 630 g/mol. The fourth-order valence-electron chi connectivity index (χ4n) is 3.66. The van der Waals surface area contributed by atoms with E-state index in [-0.39, 0.29) is 18.8 Å². The first-order valence-electron chi connectivity index (χ1n) is 14.4. The summed E-state index contributed by atoms with van der Waals surface area (Å²) in [6, 6.07) is -7.09. The molecule has 47 heavy (non-hydrogen) atoms. The molecule has 0 heterocycles. The van der Waals surface area contributed by atoms with Gasteiger partial charge in [0.05, 0.1) is 19.5 Å². The van der Waals surface area contributed by atoms with Gasteiger partial charge in [0.1, 0.15) is 30.2 Å². The highest BCUT2D eigenvalue weighted by atomic mass is 16.4. The average molecular weight is 674 g/mol. The predicted octanol–water partition coefficient (Wildman–Crippen LogP) is -3.83. The summed E-state index contributed by atoms with van der Waals surface area (Å²) in [5.41, 5.74) is 0. The number of rotatable bonds is 21. The third-order valence-corrected chi connectivity index (χ3v) is 6.08. The van der Waals surface area contributed by atoms with Gasteiger partial charge in [0.15, 0.2) is 0 Å². The summed E-state index contributed by atoms with van der Waals surface area (Å²) in [5, 5.41) is 42.8. The van der Waals surface area contributed by atoms with Gasteiger partial charge in [-0.1, -0.05) is 13.8 Å². The van der Waals surface area contributed by atoms with Crippen LogP contribution in [0, 0.1) is 5.92 Å². The highest BCUT2D eigenvalue weighted by Gasteiger charge is 2.31. The van der Waals surface area contributed by atoms with Gasteiger partial charge in [-0.25, -0.2) is 4.79 Å². The van der Waals surface area contributed by atoms with Gasteiger partial charge in [0, 0.05) is 13.3 Å². The lowest BCUT2D eigenvalue weighted by Gasteiger charge is -2.25. The molecule has 0 aromatic rings. The van der Waals surface area contributed by atoms with Crippen LogP contribution in [0.2, 0.25) is 0 Å². The zero-order valence-electron chi connectivity index (χ0n) is 26.6. The molecule has 0 unspecified atom stereocenters. The number of carboxylic acids is 3. The van der Waals surface area contributed by atoms with Crippen LogP contribution in [-0.2, 0) is 47.9 Å². The number of amides is 7. The SMILES string of the molecule is CC(=O)NCC(=O)NCC(=O)N[C@@H](CCC(=O)O)C(=O)N[C@@H](C)C(=O)N[C@@H](CC(C)C)C(=O)N[C@@H](C)C(=O)N[C@@H](CC(=O)O)C(=O)O. The summed E-state index contributed by atoms with van der Waals surface area (Å²) < 4.78 is 0. The molecule has 0 aliphatic rings. The molecule has 10 N–H and O–H groups in total. The molecular formula is C27H43N7O13. The van der Waals surface area contributed by atoms with E-state index in [1.54, 1.807) is 13.8 Å². The van der Waals surface area contributed by atoms with Gasteiger partial charge in [0.25, 0.3) is 0 Å². The number of carbonyl (C=O) groups is 10. The lowest BCUT2D eigenvalue weighted by atomic mass is 10.0. The Kier molecular flexibility index (Phi) is 18.3. The first kappa shape index (κ1) is 41.7. The highest BCUT2D eigenvalue weighted by Crippen LogP contribution is 2.07. The van der Waals surface area contributed by atoms with E-state index >= 15 is 0 Å². The third-order valence-electron chi connectivity index (χ3n) is 6.08. The Bertz CT molecular complexity index is 1210. The molecule has 0 saturated heterocycles. The van der Waals surface area contributed by atoms with Crippen LogP contribution in [0.5, 0.6) is 0 Å². The second kappa shape index (κ2) is 20.7. The number of carbonyl (C=O) groups excluding carboxylic acids is 7. The Morgan fingerprint density at radius 2 is 1.04 bits per heavy atom. The van der Waals surface area contributed by atoms with E-state index in [9.17, 15) is 47.9 Å². The smallest absolute Gasteiger partial charge is 0.326 e. The summed E-state index contributed by atoms with van der Waals surface area (Å²) >= 11 is 0. The maximum absolute atomic E-state index is 13.0. The van der Waals surface area contributed by atoms with Crippen molar-refractivity contribution in [2.45, 2.75) is 90.5 Å². The van der Waals surface area contributed by atoms with Gasteiger partial charge in [-0.05, 0) is 32.6 Å². The van der Waals surface area contributed by atoms with Gasteiger partial charge in [-0.15, -0.1) is 0 Å². The minimum absolute atomic E-state index is 0.0638. The molecule has 20 heteroatoms. The highest BCUT2D eigenvalue weighted by molar-refractivity contribution is 5.96. The molecule has 0 aromatic carbocycles. The van der Waals surface area contributed by atoms with Crippen LogP contribution >= 0.6 is 0 Å². The number of carboxylic acid groups (broad SMARTS) is 3. The van der Waals surface area contributed by atoms with E-state index in [1.165, 1.54) is 20.8 Å².